The van der Waals surface area contributed by atoms with E-state index in [4.69, 9.17) is 0 Å². The van der Waals surface area contributed by atoms with Gasteiger partial charge < -0.3 is 0 Å². The normalized spacial score (nSPS) is 30.2. The molecular formula is C9H16S. The standard InChI is InChI=1S/C9H16S/c1-3-4-7-10-9-6-5-8(9)2/h5-6,8-9H,3-4,7H2,1-2H3. The number of hydrogen-bond acceptors (Lipinski definition) is 1. The van der Waals surface area contributed by atoms with Crippen molar-refractivity contribution >= 4 is 11.8 Å². The lowest BCUT2D eigenvalue weighted by molar-refractivity contribution is 0.697. The third-order valence-corrected chi connectivity index (χ3v) is 3.43. The van der Waals surface area contributed by atoms with Gasteiger partial charge in [-0.05, 0) is 18.1 Å². The Hall–Kier alpha value is 0.0900. The minimum Gasteiger partial charge on any atom is -0.154 e. The minimum atomic E-state index is 0.835. The largest absolute Gasteiger partial charge is 0.154 e. The molecule has 0 saturated heterocycles. The highest BCUT2D eigenvalue weighted by molar-refractivity contribution is 8.00. The Balaban J connectivity index is 1.99. The lowest BCUT2D eigenvalue weighted by atomic mass is 9.97. The summed E-state index contributed by atoms with van der Waals surface area (Å²) in [5.41, 5.74) is 0. The molecule has 0 aromatic heterocycles. The van der Waals surface area contributed by atoms with E-state index < -0.39 is 0 Å². The minimum absolute atomic E-state index is 0.835. The topological polar surface area (TPSA) is 0 Å². The Morgan fingerprint density at radius 1 is 1.40 bits per heavy atom. The highest BCUT2D eigenvalue weighted by atomic mass is 32.2. The molecule has 0 radical (unpaired) electrons. The van der Waals surface area contributed by atoms with E-state index in [0.29, 0.717) is 0 Å². The molecule has 1 heteroatoms. The molecular weight excluding hydrogens is 140 g/mol. The zero-order valence-corrected chi connectivity index (χ0v) is 7.66. The fourth-order valence-electron chi connectivity index (χ4n) is 0.995. The fourth-order valence-corrected chi connectivity index (χ4v) is 2.32. The van der Waals surface area contributed by atoms with E-state index in [9.17, 15) is 0 Å². The maximum atomic E-state index is 2.32. The van der Waals surface area contributed by atoms with Crippen molar-refractivity contribution in [2.45, 2.75) is 31.9 Å². The van der Waals surface area contributed by atoms with Crippen molar-refractivity contribution in [3.05, 3.63) is 12.2 Å². The van der Waals surface area contributed by atoms with Gasteiger partial charge in [0.25, 0.3) is 0 Å². The molecule has 2 atom stereocenters. The van der Waals surface area contributed by atoms with Crippen LogP contribution in [0.5, 0.6) is 0 Å². The molecule has 0 nitrogen and oxygen atoms in total. The number of allylic oxidation sites excluding steroid dienone is 1. The summed E-state index contributed by atoms with van der Waals surface area (Å²) < 4.78 is 0. The second-order valence-electron chi connectivity index (χ2n) is 2.93. The summed E-state index contributed by atoms with van der Waals surface area (Å²) in [7, 11) is 0. The first-order chi connectivity index (χ1) is 4.84. The van der Waals surface area contributed by atoms with Gasteiger partial charge in [-0.1, -0.05) is 32.4 Å². The monoisotopic (exact) mass is 156 g/mol. The van der Waals surface area contributed by atoms with Crippen LogP contribution in [0.15, 0.2) is 12.2 Å². The Kier molecular flexibility index (Phi) is 3.33. The molecule has 0 aromatic rings. The van der Waals surface area contributed by atoms with Gasteiger partial charge in [0.2, 0.25) is 0 Å². The average Bonchev–Trinajstić information content (AvgIpc) is 1.95. The molecule has 58 valence electrons. The van der Waals surface area contributed by atoms with E-state index in [1.165, 1.54) is 18.6 Å². The van der Waals surface area contributed by atoms with Gasteiger partial charge in [-0.25, -0.2) is 0 Å². The smallest absolute Gasteiger partial charge is 0.0287 e. The average molecular weight is 156 g/mol. The first-order valence-corrected chi connectivity index (χ1v) is 5.19. The van der Waals surface area contributed by atoms with Crippen LogP contribution in [0, 0.1) is 5.92 Å². The van der Waals surface area contributed by atoms with Gasteiger partial charge in [0.15, 0.2) is 0 Å². The second kappa shape index (κ2) is 4.07. The van der Waals surface area contributed by atoms with Crippen LogP contribution in [-0.2, 0) is 0 Å². The van der Waals surface area contributed by atoms with E-state index in [-0.39, 0.29) is 0 Å². The van der Waals surface area contributed by atoms with Crippen LogP contribution in [0.2, 0.25) is 0 Å². The number of thioether (sulfide) groups is 1. The Labute approximate surface area is 68.1 Å². The highest BCUT2D eigenvalue weighted by Crippen LogP contribution is 2.30. The van der Waals surface area contributed by atoms with Gasteiger partial charge in [0.1, 0.15) is 0 Å². The molecule has 0 aliphatic heterocycles. The molecule has 10 heavy (non-hydrogen) atoms. The lowest BCUT2D eigenvalue weighted by Crippen LogP contribution is -2.18. The molecule has 1 rings (SSSR count). The van der Waals surface area contributed by atoms with Gasteiger partial charge in [-0.15, -0.1) is 0 Å². The summed E-state index contributed by atoms with van der Waals surface area (Å²) in [5.74, 6) is 2.18. The molecule has 0 saturated carbocycles. The van der Waals surface area contributed by atoms with E-state index in [1.807, 2.05) is 0 Å². The fraction of sp³-hybridized carbons (Fsp3) is 0.778. The molecule has 0 amide bonds. The van der Waals surface area contributed by atoms with Crippen molar-refractivity contribution in [1.82, 2.24) is 0 Å². The summed E-state index contributed by atoms with van der Waals surface area (Å²) in [4.78, 5) is 0. The Morgan fingerprint density at radius 2 is 2.20 bits per heavy atom. The van der Waals surface area contributed by atoms with E-state index >= 15 is 0 Å². The Morgan fingerprint density at radius 3 is 2.60 bits per heavy atom. The lowest BCUT2D eigenvalue weighted by Gasteiger charge is -2.24. The van der Waals surface area contributed by atoms with Gasteiger partial charge in [-0.2, -0.15) is 11.8 Å². The van der Waals surface area contributed by atoms with Crippen LogP contribution in [0.25, 0.3) is 0 Å². The molecule has 0 fully saturated rings. The quantitative estimate of drug-likeness (QED) is 0.445. The van der Waals surface area contributed by atoms with Crippen molar-refractivity contribution in [3.63, 3.8) is 0 Å². The predicted octanol–water partition coefficient (Wildman–Crippen LogP) is 3.09. The van der Waals surface area contributed by atoms with E-state index in [2.05, 4.69) is 37.8 Å². The highest BCUT2D eigenvalue weighted by Gasteiger charge is 2.18. The van der Waals surface area contributed by atoms with Gasteiger partial charge in [0.05, 0.1) is 0 Å². The van der Waals surface area contributed by atoms with Gasteiger partial charge in [-0.3, -0.25) is 0 Å². The van der Waals surface area contributed by atoms with E-state index in [1.54, 1.807) is 0 Å². The van der Waals surface area contributed by atoms with Gasteiger partial charge in [0, 0.05) is 5.25 Å². The van der Waals surface area contributed by atoms with Crippen LogP contribution >= 0.6 is 11.8 Å². The van der Waals surface area contributed by atoms with Crippen molar-refractivity contribution in [2.75, 3.05) is 5.75 Å². The van der Waals surface area contributed by atoms with Crippen molar-refractivity contribution < 1.29 is 0 Å². The van der Waals surface area contributed by atoms with E-state index in [0.717, 1.165) is 11.2 Å². The SMILES string of the molecule is CCCCSC1C=CC1C. The zero-order valence-electron chi connectivity index (χ0n) is 6.84. The Bertz CT molecular complexity index is 118. The molecule has 0 aromatic carbocycles. The van der Waals surface area contributed by atoms with Crippen LogP contribution in [0.1, 0.15) is 26.7 Å². The zero-order chi connectivity index (χ0) is 7.40. The number of hydrogen-bond donors (Lipinski definition) is 0. The maximum Gasteiger partial charge on any atom is 0.0287 e. The number of unbranched alkanes of at least 4 members (excludes halogenated alkanes) is 1. The molecule has 0 heterocycles. The summed E-state index contributed by atoms with van der Waals surface area (Å²) in [6, 6.07) is 0. The summed E-state index contributed by atoms with van der Waals surface area (Å²) in [5, 5.41) is 0.839. The predicted molar refractivity (Wildman–Crippen MR) is 49.5 cm³/mol. The molecule has 2 unspecified atom stereocenters. The molecule has 1 aliphatic rings. The van der Waals surface area contributed by atoms with Crippen LogP contribution in [0.3, 0.4) is 0 Å². The summed E-state index contributed by atoms with van der Waals surface area (Å²) >= 11 is 2.11. The second-order valence-corrected chi connectivity index (χ2v) is 4.22. The maximum absolute atomic E-state index is 2.32. The van der Waals surface area contributed by atoms with Crippen LogP contribution in [0.4, 0.5) is 0 Å². The van der Waals surface area contributed by atoms with Crippen LogP contribution in [-0.4, -0.2) is 11.0 Å². The third kappa shape index (κ3) is 2.05. The first-order valence-electron chi connectivity index (χ1n) is 4.14. The number of rotatable bonds is 4. The summed E-state index contributed by atoms with van der Waals surface area (Å²) in [6.45, 7) is 4.55. The van der Waals surface area contributed by atoms with Crippen molar-refractivity contribution in [3.8, 4) is 0 Å². The first kappa shape index (κ1) is 8.19. The molecule has 0 bridgehead atoms. The molecule has 0 spiro atoms. The summed E-state index contributed by atoms with van der Waals surface area (Å²) in [6.07, 6.45) is 7.33. The molecule has 1 aliphatic carbocycles. The van der Waals surface area contributed by atoms with Crippen molar-refractivity contribution in [2.24, 2.45) is 5.92 Å². The van der Waals surface area contributed by atoms with Gasteiger partial charge >= 0.3 is 0 Å². The van der Waals surface area contributed by atoms with Crippen molar-refractivity contribution in [1.29, 1.82) is 0 Å². The third-order valence-electron chi connectivity index (χ3n) is 1.93. The molecule has 0 N–H and O–H groups in total. The van der Waals surface area contributed by atoms with Crippen LogP contribution < -0.4 is 0 Å².